The molecule has 0 aromatic heterocycles. The van der Waals surface area contributed by atoms with Gasteiger partial charge >= 0.3 is 12.1 Å². The number of phenols is 1. The monoisotopic (exact) mass is 428 g/mol. The average molecular weight is 429 g/mol. The zero-order chi connectivity index (χ0) is 21.5. The van der Waals surface area contributed by atoms with Crippen molar-refractivity contribution in [2.24, 2.45) is 0 Å². The van der Waals surface area contributed by atoms with Gasteiger partial charge in [-0.1, -0.05) is 11.6 Å². The van der Waals surface area contributed by atoms with E-state index in [4.69, 9.17) is 16.7 Å². The van der Waals surface area contributed by atoms with Crippen LogP contribution in [0.5, 0.6) is 5.75 Å². The first-order valence-electron chi connectivity index (χ1n) is 8.05. The summed E-state index contributed by atoms with van der Waals surface area (Å²) in [4.78, 5) is 36.5. The van der Waals surface area contributed by atoms with E-state index in [1.54, 1.807) is 0 Å². The molecule has 0 saturated carbocycles. The zero-order valence-electron chi connectivity index (χ0n) is 14.3. The van der Waals surface area contributed by atoms with Crippen molar-refractivity contribution in [3.05, 3.63) is 52.5 Å². The van der Waals surface area contributed by atoms with E-state index < -0.39 is 51.9 Å². The van der Waals surface area contributed by atoms with Crippen LogP contribution in [0.2, 0.25) is 5.02 Å². The lowest BCUT2D eigenvalue weighted by molar-refractivity contribution is -0.137. The molecule has 0 bridgehead atoms. The van der Waals surface area contributed by atoms with Gasteiger partial charge in [0.25, 0.3) is 5.91 Å². The third-order valence-corrected chi connectivity index (χ3v) is 4.56. The molecule has 1 saturated heterocycles. The third-order valence-electron chi connectivity index (χ3n) is 4.23. The quantitative estimate of drug-likeness (QED) is 0.643. The third kappa shape index (κ3) is 3.97. The van der Waals surface area contributed by atoms with E-state index in [2.05, 4.69) is 5.32 Å². The summed E-state index contributed by atoms with van der Waals surface area (Å²) in [7, 11) is 0. The molecule has 29 heavy (non-hydrogen) atoms. The standard InChI is InChI=1S/C18H12ClF3N2O5/c19-12-4-1-8(5-11(12)18(20,21)22)23-13-7-15(26)24(16(13)27)9-2-3-10(17(28)29)14(25)6-9/h1-6,13,23,25H,7H2,(H,28,29). The number of nitrogens with zero attached hydrogens (tertiary/aromatic N) is 1. The maximum absolute atomic E-state index is 13.0. The molecular formula is C18H12ClF3N2O5. The number of aromatic hydroxyl groups is 1. The van der Waals surface area contributed by atoms with Gasteiger partial charge in [-0.15, -0.1) is 0 Å². The molecule has 11 heteroatoms. The first-order valence-corrected chi connectivity index (χ1v) is 8.43. The first kappa shape index (κ1) is 20.5. The molecule has 1 aliphatic rings. The summed E-state index contributed by atoms with van der Waals surface area (Å²) in [5.41, 5.74) is -1.62. The van der Waals surface area contributed by atoms with Crippen molar-refractivity contribution in [3.63, 3.8) is 0 Å². The second kappa shape index (κ2) is 7.28. The van der Waals surface area contributed by atoms with Crippen molar-refractivity contribution in [2.75, 3.05) is 10.2 Å². The summed E-state index contributed by atoms with van der Waals surface area (Å²) in [6, 6.07) is 5.00. The maximum atomic E-state index is 13.0. The summed E-state index contributed by atoms with van der Waals surface area (Å²) >= 11 is 5.56. The highest BCUT2D eigenvalue weighted by Gasteiger charge is 2.40. The summed E-state index contributed by atoms with van der Waals surface area (Å²) < 4.78 is 39.0. The molecule has 1 aliphatic heterocycles. The second-order valence-corrected chi connectivity index (χ2v) is 6.57. The van der Waals surface area contributed by atoms with Gasteiger partial charge in [0.1, 0.15) is 17.4 Å². The highest BCUT2D eigenvalue weighted by Crippen LogP contribution is 2.37. The Labute approximate surface area is 166 Å². The topological polar surface area (TPSA) is 107 Å². The van der Waals surface area contributed by atoms with Gasteiger partial charge in [-0.25, -0.2) is 9.69 Å². The average Bonchev–Trinajstić information content (AvgIpc) is 2.88. The fourth-order valence-electron chi connectivity index (χ4n) is 2.89. The molecule has 0 spiro atoms. The van der Waals surface area contributed by atoms with Crippen LogP contribution in [-0.4, -0.2) is 34.0 Å². The Morgan fingerprint density at radius 3 is 2.45 bits per heavy atom. The minimum absolute atomic E-state index is 0.0566. The van der Waals surface area contributed by atoms with Gasteiger partial charge in [-0.05, 0) is 30.3 Å². The molecule has 2 aromatic carbocycles. The number of nitrogens with one attached hydrogen (secondary N) is 1. The summed E-state index contributed by atoms with van der Waals surface area (Å²) in [5.74, 6) is -3.46. The number of benzene rings is 2. The Bertz CT molecular complexity index is 1030. The largest absolute Gasteiger partial charge is 0.507 e. The molecule has 0 aliphatic carbocycles. The number of carbonyl (C=O) groups excluding carboxylic acids is 2. The molecular weight excluding hydrogens is 417 g/mol. The van der Waals surface area contributed by atoms with Gasteiger partial charge in [0.2, 0.25) is 5.91 Å². The number of imide groups is 1. The van der Waals surface area contributed by atoms with Crippen molar-refractivity contribution >= 4 is 40.8 Å². The second-order valence-electron chi connectivity index (χ2n) is 6.17. The van der Waals surface area contributed by atoms with Crippen LogP contribution < -0.4 is 10.2 Å². The first-order chi connectivity index (χ1) is 13.5. The fraction of sp³-hybridized carbons (Fsp3) is 0.167. The SMILES string of the molecule is O=C(O)c1ccc(N2C(=O)CC(Nc3ccc(Cl)c(C(F)(F)F)c3)C2=O)cc1O. The van der Waals surface area contributed by atoms with Crippen molar-refractivity contribution in [1.82, 2.24) is 0 Å². The molecule has 1 fully saturated rings. The lowest BCUT2D eigenvalue weighted by atomic mass is 10.1. The Morgan fingerprint density at radius 1 is 1.17 bits per heavy atom. The number of hydrogen-bond donors (Lipinski definition) is 3. The molecule has 1 unspecified atom stereocenters. The predicted octanol–water partition coefficient (Wildman–Crippen LogP) is 3.51. The van der Waals surface area contributed by atoms with E-state index in [-0.39, 0.29) is 17.8 Å². The molecule has 7 nitrogen and oxygen atoms in total. The Morgan fingerprint density at radius 2 is 1.86 bits per heavy atom. The minimum Gasteiger partial charge on any atom is -0.507 e. The number of rotatable bonds is 4. The van der Waals surface area contributed by atoms with Gasteiger partial charge in [0.05, 0.1) is 22.7 Å². The van der Waals surface area contributed by atoms with Crippen molar-refractivity contribution in [1.29, 1.82) is 0 Å². The number of aromatic carboxylic acids is 1. The van der Waals surface area contributed by atoms with E-state index in [0.29, 0.717) is 0 Å². The predicted molar refractivity (Wildman–Crippen MR) is 96.0 cm³/mol. The van der Waals surface area contributed by atoms with E-state index in [0.717, 1.165) is 29.2 Å². The highest BCUT2D eigenvalue weighted by atomic mass is 35.5. The number of carboxylic acids is 1. The van der Waals surface area contributed by atoms with Crippen LogP contribution >= 0.6 is 11.6 Å². The van der Waals surface area contributed by atoms with Crippen LogP contribution in [-0.2, 0) is 15.8 Å². The molecule has 1 heterocycles. The van der Waals surface area contributed by atoms with Crippen molar-refractivity contribution in [2.45, 2.75) is 18.6 Å². The molecule has 3 rings (SSSR count). The Kier molecular flexibility index (Phi) is 5.14. The van der Waals surface area contributed by atoms with E-state index in [1.165, 1.54) is 12.1 Å². The van der Waals surface area contributed by atoms with Gasteiger partial charge in [0.15, 0.2) is 0 Å². The van der Waals surface area contributed by atoms with Gasteiger partial charge < -0.3 is 15.5 Å². The molecule has 2 aromatic rings. The van der Waals surface area contributed by atoms with Crippen LogP contribution in [0.15, 0.2) is 36.4 Å². The van der Waals surface area contributed by atoms with Crippen LogP contribution in [0.25, 0.3) is 0 Å². The van der Waals surface area contributed by atoms with Crippen LogP contribution in [0, 0.1) is 0 Å². The molecule has 0 radical (unpaired) electrons. The van der Waals surface area contributed by atoms with Crippen LogP contribution in [0.4, 0.5) is 24.5 Å². The molecule has 2 amide bonds. The van der Waals surface area contributed by atoms with E-state index in [9.17, 15) is 32.7 Å². The lowest BCUT2D eigenvalue weighted by Gasteiger charge is -2.17. The van der Waals surface area contributed by atoms with Crippen LogP contribution in [0.3, 0.4) is 0 Å². The normalized spacial score (nSPS) is 17.0. The van der Waals surface area contributed by atoms with Gasteiger partial charge in [-0.2, -0.15) is 13.2 Å². The number of carboxylic acid groups (broad SMARTS) is 1. The van der Waals surface area contributed by atoms with Gasteiger partial charge in [0, 0.05) is 11.8 Å². The number of hydrogen-bond acceptors (Lipinski definition) is 5. The minimum atomic E-state index is -4.69. The molecule has 3 N–H and O–H groups in total. The van der Waals surface area contributed by atoms with E-state index >= 15 is 0 Å². The number of carbonyl (C=O) groups is 3. The highest BCUT2D eigenvalue weighted by molar-refractivity contribution is 6.31. The van der Waals surface area contributed by atoms with Gasteiger partial charge in [-0.3, -0.25) is 9.59 Å². The lowest BCUT2D eigenvalue weighted by Crippen LogP contribution is -2.34. The van der Waals surface area contributed by atoms with Crippen molar-refractivity contribution in [3.8, 4) is 5.75 Å². The summed E-state index contributed by atoms with van der Waals surface area (Å²) in [6.07, 6.45) is -5.04. The molecule has 1 atom stereocenters. The summed E-state index contributed by atoms with van der Waals surface area (Å²) in [6.45, 7) is 0. The Hall–Kier alpha value is -3.27. The zero-order valence-corrected chi connectivity index (χ0v) is 15.1. The molecule has 152 valence electrons. The van der Waals surface area contributed by atoms with Crippen molar-refractivity contribution < 1.29 is 37.8 Å². The number of alkyl halides is 3. The maximum Gasteiger partial charge on any atom is 0.417 e. The van der Waals surface area contributed by atoms with Crippen LogP contribution in [0.1, 0.15) is 22.3 Å². The number of amides is 2. The fourth-order valence-corrected chi connectivity index (χ4v) is 3.11. The number of anilines is 2. The summed E-state index contributed by atoms with van der Waals surface area (Å²) in [5, 5.41) is 20.8. The smallest absolute Gasteiger partial charge is 0.417 e. The Balaban J connectivity index is 1.85. The number of halogens is 4. The van der Waals surface area contributed by atoms with E-state index in [1.807, 2.05) is 0 Å².